The zero-order valence-corrected chi connectivity index (χ0v) is 18.9. The number of nitrogens with one attached hydrogen (secondary N) is 2. The molecule has 1 saturated heterocycles. The van der Waals surface area contributed by atoms with Gasteiger partial charge in [0.05, 0.1) is 16.8 Å². The van der Waals surface area contributed by atoms with Crippen molar-refractivity contribution in [2.45, 2.75) is 45.1 Å². The molecule has 2 aliphatic rings. The molecule has 2 aromatic rings. The molecule has 1 fully saturated rings. The van der Waals surface area contributed by atoms with Gasteiger partial charge in [0, 0.05) is 12.0 Å². The molecule has 2 aromatic carbocycles. The Balaban J connectivity index is 1.57. The number of carbonyl (C=O) groups is 6. The zero-order chi connectivity index (χ0) is 24.8. The molecular formula is C25H23N3O6. The van der Waals surface area contributed by atoms with Gasteiger partial charge in [0.2, 0.25) is 11.8 Å². The molecule has 4 rings (SSSR count). The first-order chi connectivity index (χ1) is 16.0. The molecule has 34 heavy (non-hydrogen) atoms. The van der Waals surface area contributed by atoms with Gasteiger partial charge in [-0.2, -0.15) is 0 Å². The Bertz CT molecular complexity index is 1260. The fourth-order valence-corrected chi connectivity index (χ4v) is 4.05. The molecule has 1 unspecified atom stereocenters. The van der Waals surface area contributed by atoms with Crippen LogP contribution in [0.4, 0.5) is 5.69 Å². The van der Waals surface area contributed by atoms with E-state index < -0.39 is 41.4 Å². The standard InChI is InChI=1S/C25H23N3O6/c1-25(2,3)14-9-7-13(8-10-14)20(30)22(32)26-16-6-4-5-15-19(16)24(34)28(23(15)33)17-11-12-18(29)27-21(17)31/h4-10,17H,11-12H2,1-3H3,(H,26,32)(H,27,29,31). The molecule has 5 amide bonds. The van der Waals surface area contributed by atoms with Crippen molar-refractivity contribution < 1.29 is 28.8 Å². The Morgan fingerprint density at radius 3 is 2.26 bits per heavy atom. The van der Waals surface area contributed by atoms with Crippen LogP contribution in [0.3, 0.4) is 0 Å². The average molecular weight is 461 g/mol. The van der Waals surface area contributed by atoms with Gasteiger partial charge < -0.3 is 5.32 Å². The molecule has 0 bridgehead atoms. The Morgan fingerprint density at radius 1 is 0.971 bits per heavy atom. The summed E-state index contributed by atoms with van der Waals surface area (Å²) in [6.45, 7) is 6.09. The largest absolute Gasteiger partial charge is 0.318 e. The lowest BCUT2D eigenvalue weighted by molar-refractivity contribution is -0.136. The van der Waals surface area contributed by atoms with E-state index in [0.717, 1.165) is 10.5 Å². The number of amides is 5. The van der Waals surface area contributed by atoms with Crippen molar-refractivity contribution in [3.05, 3.63) is 64.7 Å². The highest BCUT2D eigenvalue weighted by Gasteiger charge is 2.45. The molecule has 2 heterocycles. The molecule has 0 spiro atoms. The number of nitrogens with zero attached hydrogens (tertiary/aromatic N) is 1. The summed E-state index contributed by atoms with van der Waals surface area (Å²) in [6, 6.07) is 9.85. The third-order valence-corrected chi connectivity index (χ3v) is 5.94. The summed E-state index contributed by atoms with van der Waals surface area (Å²) < 4.78 is 0. The number of benzene rings is 2. The predicted molar refractivity (Wildman–Crippen MR) is 121 cm³/mol. The van der Waals surface area contributed by atoms with Crippen LogP contribution in [0.5, 0.6) is 0 Å². The fourth-order valence-electron chi connectivity index (χ4n) is 4.05. The summed E-state index contributed by atoms with van der Waals surface area (Å²) in [7, 11) is 0. The summed E-state index contributed by atoms with van der Waals surface area (Å²) in [4.78, 5) is 75.9. The van der Waals surface area contributed by atoms with Crippen LogP contribution in [-0.2, 0) is 19.8 Å². The molecule has 0 aliphatic carbocycles. The number of carbonyl (C=O) groups excluding carboxylic acids is 6. The highest BCUT2D eigenvalue weighted by atomic mass is 16.2. The van der Waals surface area contributed by atoms with Gasteiger partial charge in [-0.15, -0.1) is 0 Å². The van der Waals surface area contributed by atoms with Gasteiger partial charge in [-0.1, -0.05) is 51.1 Å². The summed E-state index contributed by atoms with van der Waals surface area (Å²) in [5.74, 6) is -4.43. The van der Waals surface area contributed by atoms with E-state index in [1.807, 2.05) is 20.8 Å². The SMILES string of the molecule is CC(C)(C)c1ccc(C(=O)C(=O)Nc2cccc3c2C(=O)N(C2CCC(=O)NC2=O)C3=O)cc1. The smallest absolute Gasteiger partial charge is 0.296 e. The minimum Gasteiger partial charge on any atom is -0.318 e. The van der Waals surface area contributed by atoms with E-state index in [1.54, 1.807) is 24.3 Å². The topological polar surface area (TPSA) is 130 Å². The molecule has 0 saturated carbocycles. The highest BCUT2D eigenvalue weighted by molar-refractivity contribution is 6.47. The monoisotopic (exact) mass is 461 g/mol. The molecule has 0 aromatic heterocycles. The molecule has 9 heteroatoms. The van der Waals surface area contributed by atoms with Crippen molar-refractivity contribution in [2.75, 3.05) is 5.32 Å². The van der Waals surface area contributed by atoms with Gasteiger partial charge in [0.1, 0.15) is 6.04 Å². The number of anilines is 1. The molecular weight excluding hydrogens is 438 g/mol. The van der Waals surface area contributed by atoms with Crippen molar-refractivity contribution in [3.63, 3.8) is 0 Å². The summed E-state index contributed by atoms with van der Waals surface area (Å²) in [5, 5.41) is 4.56. The Hall–Kier alpha value is -4.14. The number of ketones is 1. The van der Waals surface area contributed by atoms with Crippen molar-refractivity contribution in [1.29, 1.82) is 0 Å². The number of Topliss-reactive ketones (excluding diaryl/α,β-unsaturated/α-hetero) is 1. The van der Waals surface area contributed by atoms with E-state index in [9.17, 15) is 28.8 Å². The van der Waals surface area contributed by atoms with Crippen LogP contribution in [0.2, 0.25) is 0 Å². The van der Waals surface area contributed by atoms with Crippen LogP contribution >= 0.6 is 0 Å². The van der Waals surface area contributed by atoms with Gasteiger partial charge in [-0.05, 0) is 29.5 Å². The van der Waals surface area contributed by atoms with Crippen molar-refractivity contribution in [3.8, 4) is 0 Å². The minimum absolute atomic E-state index is 0.00406. The second-order valence-electron chi connectivity index (χ2n) is 9.29. The van der Waals surface area contributed by atoms with Crippen LogP contribution in [0.15, 0.2) is 42.5 Å². The number of fused-ring (bicyclic) bond motifs is 1. The van der Waals surface area contributed by atoms with Gasteiger partial charge in [0.25, 0.3) is 23.5 Å². The highest BCUT2D eigenvalue weighted by Crippen LogP contribution is 2.32. The van der Waals surface area contributed by atoms with E-state index in [0.29, 0.717) is 0 Å². The lowest BCUT2D eigenvalue weighted by Crippen LogP contribution is -2.54. The summed E-state index contributed by atoms with van der Waals surface area (Å²) in [6.07, 6.45) is 0.0107. The maximum Gasteiger partial charge on any atom is 0.296 e. The first kappa shape index (κ1) is 23.0. The minimum atomic E-state index is -1.13. The van der Waals surface area contributed by atoms with E-state index in [-0.39, 0.29) is 40.6 Å². The molecule has 0 radical (unpaired) electrons. The molecule has 2 aliphatic heterocycles. The van der Waals surface area contributed by atoms with Crippen LogP contribution in [0, 0.1) is 0 Å². The number of piperidine rings is 1. The van der Waals surface area contributed by atoms with Crippen molar-refractivity contribution >= 4 is 41.0 Å². The van der Waals surface area contributed by atoms with Gasteiger partial charge >= 0.3 is 0 Å². The average Bonchev–Trinajstić information content (AvgIpc) is 3.04. The summed E-state index contributed by atoms with van der Waals surface area (Å²) in [5.41, 5.74) is 0.982. The fraction of sp³-hybridized carbons (Fsp3) is 0.280. The lowest BCUT2D eigenvalue weighted by Gasteiger charge is -2.27. The number of hydrogen-bond acceptors (Lipinski definition) is 6. The maximum absolute atomic E-state index is 13.1. The molecule has 9 nitrogen and oxygen atoms in total. The van der Waals surface area contributed by atoms with Crippen molar-refractivity contribution in [2.24, 2.45) is 0 Å². The second kappa shape index (κ2) is 8.33. The normalized spacial score (nSPS) is 18.0. The second-order valence-corrected chi connectivity index (χ2v) is 9.29. The van der Waals surface area contributed by atoms with Crippen LogP contribution < -0.4 is 10.6 Å². The number of hydrogen-bond donors (Lipinski definition) is 2. The van der Waals surface area contributed by atoms with Gasteiger partial charge in [-0.25, -0.2) is 0 Å². The van der Waals surface area contributed by atoms with Crippen molar-refractivity contribution in [1.82, 2.24) is 10.2 Å². The Labute approximate surface area is 195 Å². The van der Waals surface area contributed by atoms with Crippen LogP contribution in [0.25, 0.3) is 0 Å². The Kier molecular flexibility index (Phi) is 5.64. The van der Waals surface area contributed by atoms with Crippen LogP contribution in [0.1, 0.15) is 70.3 Å². The summed E-state index contributed by atoms with van der Waals surface area (Å²) >= 11 is 0. The van der Waals surface area contributed by atoms with Crippen LogP contribution in [-0.4, -0.2) is 46.3 Å². The zero-order valence-electron chi connectivity index (χ0n) is 18.9. The quantitative estimate of drug-likeness (QED) is 0.408. The number of imide groups is 2. The number of rotatable bonds is 4. The molecule has 174 valence electrons. The first-order valence-corrected chi connectivity index (χ1v) is 10.8. The van der Waals surface area contributed by atoms with E-state index >= 15 is 0 Å². The molecule has 2 N–H and O–H groups in total. The van der Waals surface area contributed by atoms with Gasteiger partial charge in [-0.3, -0.25) is 39.0 Å². The third kappa shape index (κ3) is 4.00. The molecule has 1 atom stereocenters. The van der Waals surface area contributed by atoms with E-state index in [2.05, 4.69) is 10.6 Å². The van der Waals surface area contributed by atoms with E-state index in [4.69, 9.17) is 0 Å². The third-order valence-electron chi connectivity index (χ3n) is 5.94. The first-order valence-electron chi connectivity index (χ1n) is 10.8. The maximum atomic E-state index is 13.1. The lowest BCUT2D eigenvalue weighted by atomic mass is 9.86. The predicted octanol–water partition coefficient (Wildman–Crippen LogP) is 2.21. The van der Waals surface area contributed by atoms with Gasteiger partial charge in [0.15, 0.2) is 0 Å². The Morgan fingerprint density at radius 2 is 1.65 bits per heavy atom. The van der Waals surface area contributed by atoms with E-state index in [1.165, 1.54) is 18.2 Å².